The van der Waals surface area contributed by atoms with E-state index in [-0.39, 0.29) is 5.41 Å². The molecule has 4 heteroatoms. The largest absolute Gasteiger partial charge is 0.488 e. The van der Waals surface area contributed by atoms with Gasteiger partial charge in [-0.15, -0.1) is 13.2 Å². The van der Waals surface area contributed by atoms with E-state index in [0.717, 1.165) is 31.5 Å². The fourth-order valence-corrected chi connectivity index (χ4v) is 2.96. The van der Waals surface area contributed by atoms with Gasteiger partial charge in [-0.2, -0.15) is 0 Å². The van der Waals surface area contributed by atoms with E-state index in [2.05, 4.69) is 18.5 Å². The zero-order chi connectivity index (χ0) is 13.9. The summed E-state index contributed by atoms with van der Waals surface area (Å²) in [5, 5.41) is 21.9. The lowest BCUT2D eigenvalue weighted by atomic mass is 9.68. The van der Waals surface area contributed by atoms with Gasteiger partial charge in [-0.3, -0.25) is 0 Å². The smallest absolute Gasteiger partial charge is 0.423 e. The van der Waals surface area contributed by atoms with E-state index in [9.17, 15) is 10.0 Å². The number of allylic oxidation sites excluding steroid dienone is 2. The molecule has 0 aromatic heterocycles. The van der Waals surface area contributed by atoms with E-state index in [1.54, 1.807) is 6.07 Å². The van der Waals surface area contributed by atoms with E-state index in [0.29, 0.717) is 5.46 Å². The predicted octanol–water partition coefficient (Wildman–Crippen LogP) is 1.57. The second kappa shape index (κ2) is 5.64. The van der Waals surface area contributed by atoms with Gasteiger partial charge >= 0.3 is 7.12 Å². The molecule has 1 aromatic rings. The van der Waals surface area contributed by atoms with Crippen LogP contribution < -0.4 is 10.8 Å². The van der Waals surface area contributed by atoms with E-state index >= 15 is 0 Å². The van der Waals surface area contributed by atoms with Crippen molar-refractivity contribution in [1.29, 1.82) is 0 Å². The molecule has 0 atom stereocenters. The van der Waals surface area contributed by atoms with Gasteiger partial charge in [0.05, 0.1) is 0 Å². The lowest BCUT2D eigenvalue weighted by Gasteiger charge is -2.39. The van der Waals surface area contributed by atoms with Crippen molar-refractivity contribution in [2.24, 2.45) is 0 Å². The van der Waals surface area contributed by atoms with Gasteiger partial charge in [-0.1, -0.05) is 24.3 Å². The Morgan fingerprint density at radius 3 is 2.53 bits per heavy atom. The maximum absolute atomic E-state index is 9.26. The molecular weight excluding hydrogens is 237 g/mol. The van der Waals surface area contributed by atoms with Gasteiger partial charge in [0, 0.05) is 17.6 Å². The fraction of sp³-hybridized carbons (Fsp3) is 0.333. The number of fused-ring (bicyclic) bond motifs is 1. The van der Waals surface area contributed by atoms with Crippen molar-refractivity contribution in [3.05, 3.63) is 49.1 Å². The minimum absolute atomic E-state index is 0.0308. The maximum Gasteiger partial charge on any atom is 0.488 e. The molecule has 1 aromatic carbocycles. The Kier molecular flexibility index (Phi) is 4.12. The summed E-state index contributed by atoms with van der Waals surface area (Å²) in [5.41, 5.74) is 2.74. The first-order valence-electron chi connectivity index (χ1n) is 6.59. The quantitative estimate of drug-likeness (QED) is 0.554. The van der Waals surface area contributed by atoms with Gasteiger partial charge in [0.1, 0.15) is 0 Å². The van der Waals surface area contributed by atoms with Gasteiger partial charge in [-0.05, 0) is 36.4 Å². The maximum atomic E-state index is 9.26. The molecule has 1 aliphatic heterocycles. The summed E-state index contributed by atoms with van der Waals surface area (Å²) < 4.78 is 0. The zero-order valence-electron chi connectivity index (χ0n) is 11.1. The van der Waals surface area contributed by atoms with Crippen molar-refractivity contribution in [1.82, 2.24) is 0 Å². The molecule has 1 aliphatic rings. The first-order valence-corrected chi connectivity index (χ1v) is 6.59. The Hall–Kier alpha value is -1.52. The molecule has 0 saturated heterocycles. The standard InChI is InChI=1S/C15H20BNO2/c1-3-7-15(8-4-2)9-10-17-14-11-12(16(18)19)5-6-13(14)15/h3-6,11,17-19H,1-2,7-10H2. The first-order chi connectivity index (χ1) is 9.13. The second-order valence-corrected chi connectivity index (χ2v) is 5.12. The van der Waals surface area contributed by atoms with E-state index < -0.39 is 7.12 Å². The molecule has 0 bridgehead atoms. The molecule has 0 unspecified atom stereocenters. The Morgan fingerprint density at radius 1 is 1.26 bits per heavy atom. The normalized spacial score (nSPS) is 16.1. The van der Waals surface area contributed by atoms with Crippen LogP contribution in [0.4, 0.5) is 5.69 Å². The highest BCUT2D eigenvalue weighted by molar-refractivity contribution is 6.58. The minimum Gasteiger partial charge on any atom is -0.423 e. The summed E-state index contributed by atoms with van der Waals surface area (Å²) in [6, 6.07) is 5.58. The van der Waals surface area contributed by atoms with Gasteiger partial charge in [-0.25, -0.2) is 0 Å². The van der Waals surface area contributed by atoms with Crippen LogP contribution in [0, 0.1) is 0 Å². The highest BCUT2D eigenvalue weighted by atomic mass is 16.4. The molecule has 3 nitrogen and oxygen atoms in total. The summed E-state index contributed by atoms with van der Waals surface area (Å²) in [6.45, 7) is 8.61. The zero-order valence-corrected chi connectivity index (χ0v) is 11.1. The molecule has 1 heterocycles. The summed E-state index contributed by atoms with van der Waals surface area (Å²) in [7, 11) is -1.43. The molecule has 0 fully saturated rings. The molecule has 0 radical (unpaired) electrons. The Bertz CT molecular complexity index is 475. The Labute approximate surface area is 114 Å². The van der Waals surface area contributed by atoms with E-state index in [1.807, 2.05) is 24.3 Å². The summed E-state index contributed by atoms with van der Waals surface area (Å²) >= 11 is 0. The van der Waals surface area contributed by atoms with E-state index in [4.69, 9.17) is 0 Å². The van der Waals surface area contributed by atoms with Crippen LogP contribution in [-0.2, 0) is 5.41 Å². The highest BCUT2D eigenvalue weighted by Gasteiger charge is 2.34. The van der Waals surface area contributed by atoms with Crippen LogP contribution in [0.3, 0.4) is 0 Å². The van der Waals surface area contributed by atoms with Crippen LogP contribution in [0.1, 0.15) is 24.8 Å². The Balaban J connectivity index is 2.47. The first kappa shape index (κ1) is 13.9. The summed E-state index contributed by atoms with van der Waals surface area (Å²) in [5.74, 6) is 0. The molecule has 19 heavy (non-hydrogen) atoms. The molecule has 0 saturated carbocycles. The molecule has 2 rings (SSSR count). The van der Waals surface area contributed by atoms with Crippen molar-refractivity contribution in [3.63, 3.8) is 0 Å². The van der Waals surface area contributed by atoms with Crippen molar-refractivity contribution >= 4 is 18.3 Å². The highest BCUT2D eigenvalue weighted by Crippen LogP contribution is 2.42. The van der Waals surface area contributed by atoms with Gasteiger partial charge in [0.2, 0.25) is 0 Å². The van der Waals surface area contributed by atoms with Crippen LogP contribution in [0.25, 0.3) is 0 Å². The molecule has 0 spiro atoms. The van der Waals surface area contributed by atoms with Crippen molar-refractivity contribution in [3.8, 4) is 0 Å². The lowest BCUT2D eigenvalue weighted by Crippen LogP contribution is -2.36. The van der Waals surface area contributed by atoms with Crippen LogP contribution in [0.2, 0.25) is 0 Å². The van der Waals surface area contributed by atoms with E-state index in [1.165, 1.54) is 5.56 Å². The average Bonchev–Trinajstić information content (AvgIpc) is 2.39. The minimum atomic E-state index is -1.43. The lowest BCUT2D eigenvalue weighted by molar-refractivity contribution is 0.402. The van der Waals surface area contributed by atoms with Crippen LogP contribution >= 0.6 is 0 Å². The van der Waals surface area contributed by atoms with Crippen molar-refractivity contribution in [2.75, 3.05) is 11.9 Å². The van der Waals surface area contributed by atoms with Crippen molar-refractivity contribution < 1.29 is 10.0 Å². The molecule has 3 N–H and O–H groups in total. The van der Waals surface area contributed by atoms with Crippen molar-refractivity contribution in [2.45, 2.75) is 24.7 Å². The molecule has 0 amide bonds. The summed E-state index contributed by atoms with van der Waals surface area (Å²) in [4.78, 5) is 0. The third kappa shape index (κ3) is 2.60. The van der Waals surface area contributed by atoms with Crippen LogP contribution in [-0.4, -0.2) is 23.7 Å². The van der Waals surface area contributed by atoms with Gasteiger partial charge in [0.25, 0.3) is 0 Å². The van der Waals surface area contributed by atoms with Gasteiger partial charge < -0.3 is 15.4 Å². The molecule has 0 aliphatic carbocycles. The SMILES string of the molecule is C=CCC1(CC=C)CCNc2cc(B(O)O)ccc21. The second-order valence-electron chi connectivity index (χ2n) is 5.12. The number of benzene rings is 1. The Morgan fingerprint density at radius 2 is 1.95 bits per heavy atom. The molecular formula is C15H20BNO2. The third-order valence-electron chi connectivity index (χ3n) is 3.90. The predicted molar refractivity (Wildman–Crippen MR) is 80.7 cm³/mol. The topological polar surface area (TPSA) is 52.5 Å². The number of anilines is 1. The third-order valence-corrected chi connectivity index (χ3v) is 3.90. The van der Waals surface area contributed by atoms with Crippen LogP contribution in [0.5, 0.6) is 0 Å². The monoisotopic (exact) mass is 257 g/mol. The number of nitrogens with one attached hydrogen (secondary N) is 1. The van der Waals surface area contributed by atoms with Crippen LogP contribution in [0.15, 0.2) is 43.5 Å². The van der Waals surface area contributed by atoms with Gasteiger partial charge in [0.15, 0.2) is 0 Å². The molecule has 100 valence electrons. The number of hydrogen-bond donors (Lipinski definition) is 3. The summed E-state index contributed by atoms with van der Waals surface area (Å²) in [6.07, 6.45) is 6.73. The number of hydrogen-bond acceptors (Lipinski definition) is 3. The fourth-order valence-electron chi connectivity index (χ4n) is 2.96. The number of rotatable bonds is 5. The average molecular weight is 257 g/mol.